The molecule has 0 radical (unpaired) electrons. The van der Waals surface area contributed by atoms with Crippen LogP contribution in [0.15, 0.2) is 82.6 Å². The monoisotopic (exact) mass is 519 g/mol. The molecule has 0 aliphatic heterocycles. The normalized spacial score (nSPS) is 12.8. The highest BCUT2D eigenvalue weighted by molar-refractivity contribution is 7.99. The summed E-state index contributed by atoms with van der Waals surface area (Å²) in [5, 5.41) is 10.5. The summed E-state index contributed by atoms with van der Waals surface area (Å²) in [6.45, 7) is 4.83. The van der Waals surface area contributed by atoms with Crippen LogP contribution in [0.25, 0.3) is 0 Å². The molecule has 0 aromatic heterocycles. The molecule has 0 aliphatic carbocycles. The average molecular weight is 521 g/mol. The molecule has 0 bridgehead atoms. The average Bonchev–Trinajstić information content (AvgIpc) is 2.80. The molecule has 3 aromatic carbocycles. The number of rotatable bonds is 12. The first-order valence-corrected chi connectivity index (χ1v) is 12.7. The number of aryl methyl sites for hydroxylation is 1. The second kappa shape index (κ2) is 14.0. The second-order valence-electron chi connectivity index (χ2n) is 9.08. The molecule has 0 saturated heterocycles. The Morgan fingerprint density at radius 3 is 2.41 bits per heavy atom. The molecule has 0 aliphatic rings. The summed E-state index contributed by atoms with van der Waals surface area (Å²) in [5.41, 5.74) is 8.13. The van der Waals surface area contributed by atoms with E-state index >= 15 is 0 Å². The minimum Gasteiger partial charge on any atom is -0.489 e. The Kier molecular flexibility index (Phi) is 11.8. The van der Waals surface area contributed by atoms with E-state index in [1.54, 1.807) is 11.8 Å². The van der Waals surface area contributed by atoms with E-state index in [2.05, 4.69) is 50.2 Å². The summed E-state index contributed by atoms with van der Waals surface area (Å²) in [4.78, 5) is 2.20. The molecule has 3 N–H and O–H groups in total. The van der Waals surface area contributed by atoms with Gasteiger partial charge < -0.3 is 15.6 Å². The number of hydrogen-bond acceptors (Lipinski definition) is 4. The third-order valence-electron chi connectivity index (χ3n) is 5.56. The van der Waals surface area contributed by atoms with Gasteiger partial charge in [-0.25, -0.2) is 0 Å². The zero-order valence-corrected chi connectivity index (χ0v) is 22.3. The molecule has 3 nitrogen and oxygen atoms in total. The maximum Gasteiger partial charge on any atom is 0.120 e. The van der Waals surface area contributed by atoms with Gasteiger partial charge in [0.2, 0.25) is 0 Å². The molecular weight excluding hydrogens is 485 g/mol. The Morgan fingerprint density at radius 1 is 1.00 bits per heavy atom. The van der Waals surface area contributed by atoms with E-state index in [9.17, 15) is 5.11 Å². The van der Waals surface area contributed by atoms with E-state index in [1.807, 2.05) is 36.4 Å². The zero-order chi connectivity index (χ0) is 23.7. The minimum absolute atomic E-state index is 0. The van der Waals surface area contributed by atoms with Gasteiger partial charge in [-0.3, -0.25) is 0 Å². The fourth-order valence-electron chi connectivity index (χ4n) is 3.99. The molecule has 0 saturated carbocycles. The van der Waals surface area contributed by atoms with Gasteiger partial charge in [-0.15, -0.1) is 12.4 Å². The largest absolute Gasteiger partial charge is 0.489 e. The van der Waals surface area contributed by atoms with Crippen molar-refractivity contribution in [1.82, 2.24) is 0 Å². The van der Waals surface area contributed by atoms with Crippen LogP contribution in [0.3, 0.4) is 0 Å². The fourth-order valence-corrected chi connectivity index (χ4v) is 5.23. The van der Waals surface area contributed by atoms with Crippen molar-refractivity contribution in [2.24, 2.45) is 11.7 Å². The van der Waals surface area contributed by atoms with Crippen LogP contribution in [0.1, 0.15) is 44.2 Å². The van der Waals surface area contributed by atoms with Crippen LogP contribution in [0.5, 0.6) is 5.75 Å². The van der Waals surface area contributed by atoms with Crippen LogP contribution in [-0.2, 0) is 13.0 Å². The lowest BCUT2D eigenvalue weighted by Gasteiger charge is -2.29. The number of nitrogens with two attached hydrogens (primary N) is 1. The molecule has 3 rings (SSSR count). The van der Waals surface area contributed by atoms with E-state index in [0.29, 0.717) is 12.5 Å². The fraction of sp³-hybridized carbons (Fsp3) is 0.357. The van der Waals surface area contributed by atoms with Gasteiger partial charge >= 0.3 is 0 Å². The summed E-state index contributed by atoms with van der Waals surface area (Å²) in [6.07, 6.45) is 3.35. The predicted molar refractivity (Wildman–Crippen MR) is 146 cm³/mol. The van der Waals surface area contributed by atoms with Crippen LogP contribution in [0, 0.1) is 5.92 Å². The van der Waals surface area contributed by atoms with Crippen LogP contribution in [-0.4, -0.2) is 17.3 Å². The van der Waals surface area contributed by atoms with Gasteiger partial charge in [-0.05, 0) is 73.1 Å². The van der Waals surface area contributed by atoms with Crippen LogP contribution < -0.4 is 10.5 Å². The maximum atomic E-state index is 9.71. The molecule has 0 amide bonds. The first-order valence-electron chi connectivity index (χ1n) is 11.5. The Morgan fingerprint density at radius 2 is 1.74 bits per heavy atom. The van der Waals surface area contributed by atoms with Crippen molar-refractivity contribution in [2.75, 3.05) is 6.61 Å². The maximum absolute atomic E-state index is 9.71. The first kappa shape index (κ1) is 28.5. The van der Waals surface area contributed by atoms with Crippen molar-refractivity contribution < 1.29 is 9.84 Å². The summed E-state index contributed by atoms with van der Waals surface area (Å²) in [7, 11) is 0. The molecule has 6 heteroatoms. The highest BCUT2D eigenvalue weighted by Gasteiger charge is 2.24. The van der Waals surface area contributed by atoms with Gasteiger partial charge in [0.25, 0.3) is 0 Å². The van der Waals surface area contributed by atoms with Crippen molar-refractivity contribution >= 4 is 35.8 Å². The van der Waals surface area contributed by atoms with Gasteiger partial charge in [0.05, 0.1) is 6.61 Å². The van der Waals surface area contributed by atoms with Crippen molar-refractivity contribution in [2.45, 2.75) is 61.5 Å². The quantitative estimate of drug-likeness (QED) is 0.259. The molecule has 184 valence electrons. The number of halogens is 2. The lowest BCUT2D eigenvalue weighted by atomic mass is 9.85. The number of aliphatic hydroxyl groups is 1. The van der Waals surface area contributed by atoms with E-state index in [1.165, 1.54) is 0 Å². The summed E-state index contributed by atoms with van der Waals surface area (Å²) in [5.74, 6) is 1.31. The molecule has 0 spiro atoms. The Bertz CT molecular complexity index is 1020. The Hall–Kier alpha value is -1.69. The summed E-state index contributed by atoms with van der Waals surface area (Å²) < 4.78 is 5.95. The molecule has 1 unspecified atom stereocenters. The van der Waals surface area contributed by atoms with Crippen molar-refractivity contribution in [3.8, 4) is 5.75 Å². The topological polar surface area (TPSA) is 55.5 Å². The first-order chi connectivity index (χ1) is 15.9. The highest BCUT2D eigenvalue weighted by Crippen LogP contribution is 2.33. The third kappa shape index (κ3) is 9.16. The number of aliphatic hydroxyl groups excluding tert-OH is 1. The van der Waals surface area contributed by atoms with Crippen LogP contribution >= 0.6 is 35.8 Å². The number of hydrogen-bond donors (Lipinski definition) is 2. The van der Waals surface area contributed by atoms with Crippen LogP contribution in [0.4, 0.5) is 0 Å². The SMILES string of the molecule is CC(C)CC(N)(CO)CCCc1ccc(Sc2cccc(OCc3ccccc3)c2)cc1Cl.Cl. The second-order valence-corrected chi connectivity index (χ2v) is 10.6. The molecule has 3 aromatic rings. The summed E-state index contributed by atoms with van der Waals surface area (Å²) >= 11 is 8.26. The lowest BCUT2D eigenvalue weighted by Crippen LogP contribution is -2.44. The van der Waals surface area contributed by atoms with Gasteiger partial charge in [0, 0.05) is 20.4 Å². The van der Waals surface area contributed by atoms with Crippen molar-refractivity contribution in [1.29, 1.82) is 0 Å². The highest BCUT2D eigenvalue weighted by atomic mass is 35.5. The smallest absolute Gasteiger partial charge is 0.120 e. The van der Waals surface area contributed by atoms with Crippen LogP contribution in [0.2, 0.25) is 5.02 Å². The Labute approximate surface area is 219 Å². The van der Waals surface area contributed by atoms with E-state index in [0.717, 1.165) is 57.4 Å². The van der Waals surface area contributed by atoms with Gasteiger partial charge in [-0.2, -0.15) is 0 Å². The van der Waals surface area contributed by atoms with Gasteiger partial charge in [-0.1, -0.05) is 79.7 Å². The molecule has 34 heavy (non-hydrogen) atoms. The number of benzene rings is 3. The van der Waals surface area contributed by atoms with Crippen molar-refractivity contribution in [3.63, 3.8) is 0 Å². The predicted octanol–water partition coefficient (Wildman–Crippen LogP) is 7.55. The molecule has 1 atom stereocenters. The third-order valence-corrected chi connectivity index (χ3v) is 6.90. The zero-order valence-electron chi connectivity index (χ0n) is 19.9. The van der Waals surface area contributed by atoms with E-state index in [4.69, 9.17) is 22.1 Å². The molecular formula is C28H35Cl2NO2S. The van der Waals surface area contributed by atoms with Crippen molar-refractivity contribution in [3.05, 3.63) is 88.9 Å². The molecule has 0 fully saturated rings. The van der Waals surface area contributed by atoms with Gasteiger partial charge in [0.1, 0.15) is 12.4 Å². The molecule has 0 heterocycles. The van der Waals surface area contributed by atoms with E-state index < -0.39 is 5.54 Å². The van der Waals surface area contributed by atoms with E-state index in [-0.39, 0.29) is 19.0 Å². The van der Waals surface area contributed by atoms with Gasteiger partial charge in [0.15, 0.2) is 0 Å². The standard InChI is InChI=1S/C28H34ClNO2S.ClH/c1-21(2)18-28(30,20-31)15-7-10-23-13-14-26(17-27(23)29)33-25-12-6-11-24(16-25)32-19-22-8-4-3-5-9-22;/h3-6,8-9,11-14,16-17,21,31H,7,10,15,18-20,30H2,1-2H3;1H. The Balaban J connectivity index is 0.00000408. The summed E-state index contributed by atoms with van der Waals surface area (Å²) in [6, 6.07) is 24.5. The lowest BCUT2D eigenvalue weighted by molar-refractivity contribution is 0.162. The minimum atomic E-state index is -0.510. The number of ether oxygens (including phenoxy) is 1.